The Morgan fingerprint density at radius 2 is 1.73 bits per heavy atom. The van der Waals surface area contributed by atoms with Gasteiger partial charge in [0.05, 0.1) is 22.5 Å². The molecule has 0 saturated carbocycles. The second-order valence-electron chi connectivity index (χ2n) is 9.71. The molecule has 0 spiro atoms. The van der Waals surface area contributed by atoms with E-state index >= 15 is 0 Å². The first-order chi connectivity index (χ1) is 18.2. The van der Waals surface area contributed by atoms with Crippen molar-refractivity contribution in [3.63, 3.8) is 0 Å². The zero-order valence-corrected chi connectivity index (χ0v) is 23.9. The first-order valence-corrected chi connectivity index (χ1v) is 13.2. The molecule has 0 bridgehead atoms. The minimum atomic E-state index is -1.82. The summed E-state index contributed by atoms with van der Waals surface area (Å²) in [6.07, 6.45) is 2.06. The molecular formula is C31H36N4OS. The maximum atomic E-state index is 13.2. The van der Waals surface area contributed by atoms with Crippen molar-refractivity contribution in [3.05, 3.63) is 80.3 Å². The van der Waals surface area contributed by atoms with Crippen LogP contribution in [0.1, 0.15) is 77.4 Å². The first kappa shape index (κ1) is 24.0. The van der Waals surface area contributed by atoms with E-state index in [0.29, 0.717) is 5.56 Å². The van der Waals surface area contributed by atoms with Gasteiger partial charge in [-0.2, -0.15) is 5.10 Å². The highest BCUT2D eigenvalue weighted by Crippen LogP contribution is 2.40. The summed E-state index contributed by atoms with van der Waals surface area (Å²) in [6.45, 7) is 15.8. The van der Waals surface area contributed by atoms with Crippen molar-refractivity contribution in [2.24, 2.45) is 0 Å². The Labute approximate surface area is 227 Å². The Hall–Kier alpha value is -3.38. The van der Waals surface area contributed by atoms with Gasteiger partial charge in [-0.15, -0.1) is 0 Å². The summed E-state index contributed by atoms with van der Waals surface area (Å²) in [5.41, 5.74) is 11.7. The van der Waals surface area contributed by atoms with Gasteiger partial charge in [0.2, 0.25) is 0 Å². The average molecular weight is 515 g/mol. The highest BCUT2D eigenvalue weighted by molar-refractivity contribution is 7.99. The maximum Gasteiger partial charge on any atom is 0.252 e. The largest absolute Gasteiger partial charge is 0.352 e. The van der Waals surface area contributed by atoms with E-state index in [9.17, 15) is 4.79 Å². The van der Waals surface area contributed by atoms with E-state index in [1.807, 2.05) is 39.8 Å². The van der Waals surface area contributed by atoms with Gasteiger partial charge < -0.3 is 5.32 Å². The molecule has 2 heterocycles. The van der Waals surface area contributed by atoms with Crippen LogP contribution in [-0.2, 0) is 0 Å². The van der Waals surface area contributed by atoms with E-state index in [1.54, 1.807) is 0 Å². The number of carbonyl (C=O) groups excluding carboxylic acids is 1. The van der Waals surface area contributed by atoms with Gasteiger partial charge in [-0.05, 0) is 126 Å². The van der Waals surface area contributed by atoms with Crippen LogP contribution in [0.3, 0.4) is 0 Å². The fourth-order valence-corrected chi connectivity index (χ4v) is 5.87. The second kappa shape index (κ2) is 10.5. The molecule has 6 heteroatoms. The molecule has 0 atom stereocenters. The first-order valence-electron chi connectivity index (χ1n) is 13.4. The van der Waals surface area contributed by atoms with Crippen LogP contribution in [0.25, 0.3) is 22.6 Å². The third-order valence-corrected chi connectivity index (χ3v) is 8.48. The zero-order valence-electron chi connectivity index (χ0n) is 25.1. The van der Waals surface area contributed by atoms with Gasteiger partial charge in [0.25, 0.3) is 5.91 Å². The predicted molar refractivity (Wildman–Crippen MR) is 156 cm³/mol. The van der Waals surface area contributed by atoms with Crippen LogP contribution in [0, 0.1) is 48.5 Å². The van der Waals surface area contributed by atoms with Crippen LogP contribution in [0.15, 0.2) is 34.1 Å². The summed E-state index contributed by atoms with van der Waals surface area (Å²) in [7, 11) is 0. The molecule has 0 aliphatic carbocycles. The van der Waals surface area contributed by atoms with Crippen LogP contribution in [-0.4, -0.2) is 27.6 Å². The van der Waals surface area contributed by atoms with Gasteiger partial charge in [0.1, 0.15) is 0 Å². The average Bonchev–Trinajstić information content (AvgIpc) is 3.26. The molecule has 0 saturated heterocycles. The Morgan fingerprint density at radius 3 is 2.41 bits per heavy atom. The molecule has 0 unspecified atom stereocenters. The molecule has 4 rings (SSSR count). The summed E-state index contributed by atoms with van der Waals surface area (Å²) < 4.78 is 15.7. The minimum absolute atomic E-state index is 0.411. The lowest BCUT2D eigenvalue weighted by molar-refractivity contribution is 0.0952. The van der Waals surface area contributed by atoms with Crippen molar-refractivity contribution in [2.45, 2.75) is 72.1 Å². The molecule has 0 fully saturated rings. The summed E-state index contributed by atoms with van der Waals surface area (Å²) in [5.74, 6) is -0.411. The normalized spacial score (nSPS) is 13.1. The van der Waals surface area contributed by atoms with Gasteiger partial charge in [0.15, 0.2) is 0 Å². The van der Waals surface area contributed by atoms with E-state index in [-0.39, 0.29) is 0 Å². The molecule has 192 valence electrons. The van der Waals surface area contributed by atoms with E-state index in [2.05, 4.69) is 61.4 Å². The third-order valence-electron chi connectivity index (χ3n) is 7.29. The van der Waals surface area contributed by atoms with Crippen molar-refractivity contribution in [1.29, 1.82) is 0 Å². The topological polar surface area (TPSA) is 70.7 Å². The quantitative estimate of drug-likeness (QED) is 0.278. The van der Waals surface area contributed by atoms with Gasteiger partial charge >= 0.3 is 0 Å². The van der Waals surface area contributed by atoms with Crippen LogP contribution in [0.4, 0.5) is 0 Å². The standard InChI is InChI=1S/C31H36N4OS/c1-10-32-31(36)29-21(7)19(5)17(3)14-27(29)37-26-15-25-28(22(8)20(26)6)30(35-34-25)18(4)13-24-12-11-16(2)23(9)33-24/h11-15H,10H2,1-9H3,(H,32,36)(H,34,35)/b18-13+/i10D2. The lowest BCUT2D eigenvalue weighted by Gasteiger charge is -2.18. The minimum Gasteiger partial charge on any atom is -0.352 e. The molecular weight excluding hydrogens is 476 g/mol. The molecule has 2 N–H and O–H groups in total. The van der Waals surface area contributed by atoms with Gasteiger partial charge in [-0.3, -0.25) is 14.9 Å². The van der Waals surface area contributed by atoms with Crippen molar-refractivity contribution in [2.75, 3.05) is 6.50 Å². The predicted octanol–water partition coefficient (Wildman–Crippen LogP) is 7.58. The van der Waals surface area contributed by atoms with E-state index in [1.165, 1.54) is 24.2 Å². The summed E-state index contributed by atoms with van der Waals surface area (Å²) in [6, 6.07) is 8.22. The number of H-pyrrole nitrogens is 1. The number of aromatic nitrogens is 3. The molecule has 0 aliphatic heterocycles. The Kier molecular flexibility index (Phi) is 6.83. The Morgan fingerprint density at radius 1 is 1.00 bits per heavy atom. The van der Waals surface area contributed by atoms with Crippen LogP contribution >= 0.6 is 11.8 Å². The van der Waals surface area contributed by atoms with Crippen molar-refractivity contribution < 1.29 is 7.54 Å². The highest BCUT2D eigenvalue weighted by Gasteiger charge is 2.21. The van der Waals surface area contributed by atoms with Gasteiger partial charge in [-0.1, -0.05) is 17.8 Å². The van der Waals surface area contributed by atoms with Crippen LogP contribution in [0.5, 0.6) is 0 Å². The molecule has 2 aromatic carbocycles. The Bertz CT molecular complexity index is 1650. The molecule has 37 heavy (non-hydrogen) atoms. The summed E-state index contributed by atoms with van der Waals surface area (Å²) in [5, 5.41) is 11.5. The number of fused-ring (bicyclic) bond motifs is 1. The van der Waals surface area contributed by atoms with Gasteiger partial charge in [0, 0.05) is 30.1 Å². The number of aryl methyl sites for hydroxylation is 4. The summed E-state index contributed by atoms with van der Waals surface area (Å²) >= 11 is 1.53. The number of amides is 1. The second-order valence-corrected chi connectivity index (χ2v) is 10.8. The molecule has 1 amide bonds. The van der Waals surface area contributed by atoms with Crippen LogP contribution < -0.4 is 5.32 Å². The molecule has 4 aromatic rings. The zero-order chi connectivity index (χ0) is 28.8. The van der Waals surface area contributed by atoms with Crippen LogP contribution in [0.2, 0.25) is 0 Å². The molecule has 0 radical (unpaired) electrons. The molecule has 0 aliphatic rings. The van der Waals surface area contributed by atoms with Crippen molar-refractivity contribution >= 4 is 40.2 Å². The van der Waals surface area contributed by atoms with E-state index in [4.69, 9.17) is 7.73 Å². The number of nitrogens with zero attached hydrogens (tertiary/aromatic N) is 2. The maximum absolute atomic E-state index is 13.2. The highest BCUT2D eigenvalue weighted by atomic mass is 32.2. The SMILES string of the molecule is [2H]C([2H])(C)NC(=O)c1c(Sc2cc3[nH]nc(/C(C)=C/c4ccc(C)c(C)n4)c3c(C)c2C)cc(C)c(C)c1C. The fourth-order valence-electron chi connectivity index (χ4n) is 4.57. The number of carbonyl (C=O) groups is 1. The summed E-state index contributed by atoms with van der Waals surface area (Å²) in [4.78, 5) is 19.7. The molecule has 2 aromatic heterocycles. The number of nitrogens with one attached hydrogen (secondary N) is 2. The number of hydrogen-bond donors (Lipinski definition) is 2. The number of hydrogen-bond acceptors (Lipinski definition) is 4. The fraction of sp³-hybridized carbons (Fsp3) is 0.323. The van der Waals surface area contributed by atoms with E-state index < -0.39 is 12.4 Å². The smallest absolute Gasteiger partial charge is 0.252 e. The third kappa shape index (κ3) is 5.08. The van der Waals surface area contributed by atoms with Crippen molar-refractivity contribution in [1.82, 2.24) is 20.5 Å². The number of benzene rings is 2. The van der Waals surface area contributed by atoms with Crippen molar-refractivity contribution in [3.8, 4) is 0 Å². The number of aromatic amines is 1. The van der Waals surface area contributed by atoms with Gasteiger partial charge in [-0.25, -0.2) is 0 Å². The van der Waals surface area contributed by atoms with E-state index in [0.717, 1.165) is 71.2 Å². The number of allylic oxidation sites excluding steroid dienone is 1. The monoisotopic (exact) mass is 514 g/mol. The lowest BCUT2D eigenvalue weighted by Crippen LogP contribution is -2.24. The number of pyridine rings is 1. The molecule has 5 nitrogen and oxygen atoms in total. The Balaban J connectivity index is 1.79. The lowest BCUT2D eigenvalue weighted by atomic mass is 9.98. The number of rotatable bonds is 6.